The lowest BCUT2D eigenvalue weighted by Gasteiger charge is -2.22. The molecule has 1 atom stereocenters. The minimum atomic E-state index is -0.543. The van der Waals surface area contributed by atoms with Crippen LogP contribution in [-0.4, -0.2) is 54.6 Å². The van der Waals surface area contributed by atoms with Crippen LogP contribution in [0.3, 0.4) is 0 Å². The van der Waals surface area contributed by atoms with Crippen molar-refractivity contribution in [1.29, 1.82) is 0 Å². The highest BCUT2D eigenvalue weighted by Crippen LogP contribution is 2.28. The molecule has 7 nitrogen and oxygen atoms in total. The van der Waals surface area contributed by atoms with Crippen LogP contribution in [0.1, 0.15) is 50.6 Å². The first kappa shape index (κ1) is 23.2. The van der Waals surface area contributed by atoms with Gasteiger partial charge in [0.05, 0.1) is 19.3 Å². The van der Waals surface area contributed by atoms with Gasteiger partial charge in [-0.2, -0.15) is 0 Å². The van der Waals surface area contributed by atoms with Crippen LogP contribution in [0, 0.1) is 0 Å². The van der Waals surface area contributed by atoms with Gasteiger partial charge in [-0.05, 0) is 36.7 Å². The smallest absolute Gasteiger partial charge is 0.161 e. The van der Waals surface area contributed by atoms with Gasteiger partial charge in [-0.15, -0.1) is 0 Å². The van der Waals surface area contributed by atoms with Gasteiger partial charge in [-0.25, -0.2) is 0 Å². The highest BCUT2D eigenvalue weighted by molar-refractivity contribution is 5.43. The zero-order valence-corrected chi connectivity index (χ0v) is 18.3. The first-order valence-electron chi connectivity index (χ1n) is 10.3. The number of methoxy groups -OCH3 is 1. The summed E-state index contributed by atoms with van der Waals surface area (Å²) >= 11 is 0. The van der Waals surface area contributed by atoms with Crippen molar-refractivity contribution in [2.75, 3.05) is 33.4 Å². The predicted molar refractivity (Wildman–Crippen MR) is 113 cm³/mol. The second kappa shape index (κ2) is 11.8. The maximum atomic E-state index is 10.2. The maximum Gasteiger partial charge on any atom is 0.161 e. The lowest BCUT2D eigenvalue weighted by atomic mass is 10.1. The first-order valence-corrected chi connectivity index (χ1v) is 10.3. The number of rotatable bonds is 13. The van der Waals surface area contributed by atoms with E-state index in [1.165, 1.54) is 0 Å². The van der Waals surface area contributed by atoms with Crippen molar-refractivity contribution in [2.45, 2.75) is 52.8 Å². The summed E-state index contributed by atoms with van der Waals surface area (Å²) in [6.45, 7) is 12.3. The van der Waals surface area contributed by atoms with Crippen molar-refractivity contribution >= 4 is 0 Å². The lowest BCUT2D eigenvalue weighted by Crippen LogP contribution is -2.35. The predicted octanol–water partition coefficient (Wildman–Crippen LogP) is 3.18. The van der Waals surface area contributed by atoms with E-state index in [9.17, 15) is 5.11 Å². The number of likely N-dealkylation sites (N-methyl/N-ethyl adjacent to an activating group) is 1. The average molecular weight is 406 g/mol. The normalized spacial score (nSPS) is 12.6. The van der Waals surface area contributed by atoms with Crippen molar-refractivity contribution < 1.29 is 19.1 Å². The van der Waals surface area contributed by atoms with E-state index < -0.39 is 6.10 Å². The van der Waals surface area contributed by atoms with E-state index in [1.54, 1.807) is 7.11 Å². The van der Waals surface area contributed by atoms with E-state index >= 15 is 0 Å². The molecule has 0 saturated carbocycles. The number of nitrogens with zero attached hydrogens (tertiary/aromatic N) is 2. The highest BCUT2D eigenvalue weighted by atomic mass is 16.5. The van der Waals surface area contributed by atoms with E-state index in [2.05, 4.69) is 43.1 Å². The van der Waals surface area contributed by atoms with Crippen LogP contribution in [0.15, 0.2) is 28.8 Å². The van der Waals surface area contributed by atoms with Crippen molar-refractivity contribution in [1.82, 2.24) is 15.4 Å². The van der Waals surface area contributed by atoms with E-state index in [0.717, 1.165) is 30.1 Å². The summed E-state index contributed by atoms with van der Waals surface area (Å²) in [4.78, 5) is 2.17. The minimum Gasteiger partial charge on any atom is -0.493 e. The fourth-order valence-corrected chi connectivity index (χ4v) is 2.97. The number of benzene rings is 1. The van der Waals surface area contributed by atoms with Gasteiger partial charge < -0.3 is 29.3 Å². The first-order chi connectivity index (χ1) is 14.0. The Morgan fingerprint density at radius 1 is 1.14 bits per heavy atom. The molecule has 0 aliphatic rings. The molecule has 0 aliphatic heterocycles. The van der Waals surface area contributed by atoms with E-state index in [1.807, 2.05) is 24.3 Å². The van der Waals surface area contributed by atoms with Gasteiger partial charge in [0.15, 0.2) is 17.3 Å². The number of aliphatic hydroxyl groups is 1. The Hall–Kier alpha value is -2.09. The largest absolute Gasteiger partial charge is 0.493 e. The summed E-state index contributed by atoms with van der Waals surface area (Å²) in [6.07, 6.45) is -0.543. The van der Waals surface area contributed by atoms with Gasteiger partial charge >= 0.3 is 0 Å². The molecule has 29 heavy (non-hydrogen) atoms. The van der Waals surface area contributed by atoms with Gasteiger partial charge in [0.2, 0.25) is 0 Å². The SMILES string of the molecule is CCN(CC)C[C@H](O)COc1ccc(CNCc2cc(C(C)C)no2)cc1OC. The third-order valence-electron chi connectivity index (χ3n) is 4.82. The van der Waals surface area contributed by atoms with Crippen LogP contribution in [0.25, 0.3) is 0 Å². The lowest BCUT2D eigenvalue weighted by molar-refractivity contribution is 0.0705. The van der Waals surface area contributed by atoms with Gasteiger partial charge in [0.1, 0.15) is 12.7 Å². The topological polar surface area (TPSA) is 80.0 Å². The summed E-state index contributed by atoms with van der Waals surface area (Å²) in [5.41, 5.74) is 2.04. The Kier molecular flexibility index (Phi) is 9.44. The molecule has 2 N–H and O–H groups in total. The number of aromatic nitrogens is 1. The fourth-order valence-electron chi connectivity index (χ4n) is 2.97. The minimum absolute atomic E-state index is 0.230. The Morgan fingerprint density at radius 3 is 2.52 bits per heavy atom. The molecule has 2 aromatic rings. The monoisotopic (exact) mass is 405 g/mol. The molecule has 1 aromatic carbocycles. The summed E-state index contributed by atoms with van der Waals surface area (Å²) in [6, 6.07) is 7.80. The van der Waals surface area contributed by atoms with Crippen LogP contribution in [0.4, 0.5) is 0 Å². The van der Waals surface area contributed by atoms with Crippen molar-refractivity contribution in [3.8, 4) is 11.5 Å². The molecular weight excluding hydrogens is 370 g/mol. The van der Waals surface area contributed by atoms with Gasteiger partial charge in [-0.3, -0.25) is 0 Å². The van der Waals surface area contributed by atoms with Crippen LogP contribution >= 0.6 is 0 Å². The number of aliphatic hydroxyl groups excluding tert-OH is 1. The number of hydrogen-bond acceptors (Lipinski definition) is 7. The van der Waals surface area contributed by atoms with Gasteiger partial charge in [0.25, 0.3) is 0 Å². The summed E-state index contributed by atoms with van der Waals surface area (Å²) < 4.78 is 16.6. The maximum absolute atomic E-state index is 10.2. The quantitative estimate of drug-likeness (QED) is 0.530. The molecule has 1 aromatic heterocycles. The van der Waals surface area contributed by atoms with Crippen LogP contribution in [0.5, 0.6) is 11.5 Å². The van der Waals surface area contributed by atoms with Crippen molar-refractivity contribution in [3.63, 3.8) is 0 Å². The molecule has 0 spiro atoms. The molecule has 0 aliphatic carbocycles. The zero-order chi connectivity index (χ0) is 21.2. The highest BCUT2D eigenvalue weighted by Gasteiger charge is 2.13. The van der Waals surface area contributed by atoms with Crippen LogP contribution < -0.4 is 14.8 Å². The number of nitrogens with one attached hydrogen (secondary N) is 1. The van der Waals surface area contributed by atoms with E-state index in [4.69, 9.17) is 14.0 Å². The fraction of sp³-hybridized carbons (Fsp3) is 0.591. The van der Waals surface area contributed by atoms with Crippen LogP contribution in [0.2, 0.25) is 0 Å². The van der Waals surface area contributed by atoms with Crippen LogP contribution in [-0.2, 0) is 13.1 Å². The molecule has 0 fully saturated rings. The average Bonchev–Trinajstić information content (AvgIpc) is 3.20. The van der Waals surface area contributed by atoms with E-state index in [-0.39, 0.29) is 6.61 Å². The molecule has 162 valence electrons. The summed E-state index contributed by atoms with van der Waals surface area (Å²) in [5, 5.41) is 17.6. The molecule has 0 saturated heterocycles. The number of hydrogen-bond donors (Lipinski definition) is 2. The van der Waals surface area contributed by atoms with Crippen molar-refractivity contribution in [2.24, 2.45) is 0 Å². The second-order valence-electron chi connectivity index (χ2n) is 7.41. The third kappa shape index (κ3) is 7.34. The molecule has 0 unspecified atom stereocenters. The third-order valence-corrected chi connectivity index (χ3v) is 4.82. The molecule has 1 heterocycles. The molecule has 7 heteroatoms. The Labute approximate surface area is 174 Å². The van der Waals surface area contributed by atoms with Crippen molar-refractivity contribution in [3.05, 3.63) is 41.3 Å². The van der Waals surface area contributed by atoms with E-state index in [0.29, 0.717) is 37.1 Å². The molecule has 2 rings (SSSR count). The second-order valence-corrected chi connectivity index (χ2v) is 7.41. The summed E-state index contributed by atoms with van der Waals surface area (Å²) in [7, 11) is 1.62. The van der Waals surface area contributed by atoms with Gasteiger partial charge in [0, 0.05) is 19.2 Å². The summed E-state index contributed by atoms with van der Waals surface area (Å²) in [5.74, 6) is 2.46. The number of ether oxygens (including phenoxy) is 2. The zero-order valence-electron chi connectivity index (χ0n) is 18.3. The Bertz CT molecular complexity index is 729. The Balaban J connectivity index is 1.85. The molecule has 0 radical (unpaired) electrons. The molecular formula is C22H35N3O4. The molecule has 0 bridgehead atoms. The standard InChI is InChI=1S/C22H35N3O4/c1-6-25(7-2)14-18(26)15-28-21-9-8-17(10-22(21)27-5)12-23-13-19-11-20(16(3)4)24-29-19/h8-11,16,18,23,26H,6-7,12-15H2,1-5H3/t18-/m0/s1. The Morgan fingerprint density at radius 2 is 1.90 bits per heavy atom. The van der Waals surface area contributed by atoms with Gasteiger partial charge in [-0.1, -0.05) is 38.9 Å². The molecule has 0 amide bonds.